The highest BCUT2D eigenvalue weighted by molar-refractivity contribution is 5.85. The van der Waals surface area contributed by atoms with Gasteiger partial charge in [0.05, 0.1) is 11.8 Å². The van der Waals surface area contributed by atoms with E-state index in [1.54, 1.807) is 0 Å². The quantitative estimate of drug-likeness (QED) is 0.837. The molecule has 3 saturated carbocycles. The molecule has 4 heteroatoms. The molecule has 3 aliphatic rings. The highest BCUT2D eigenvalue weighted by Gasteiger charge is 2.43. The first kappa shape index (κ1) is 14.9. The van der Waals surface area contributed by atoms with Crippen LogP contribution in [0.15, 0.2) is 0 Å². The fraction of sp³-hybridized carbons (Fsp3) is 0.882. The molecule has 0 saturated heterocycles. The van der Waals surface area contributed by atoms with E-state index in [1.807, 2.05) is 0 Å². The Balaban J connectivity index is 1.58. The van der Waals surface area contributed by atoms with Crippen molar-refractivity contribution in [1.29, 1.82) is 0 Å². The van der Waals surface area contributed by atoms with Crippen LogP contribution >= 0.6 is 0 Å². The molecule has 0 aliphatic heterocycles. The Labute approximate surface area is 126 Å². The summed E-state index contributed by atoms with van der Waals surface area (Å²) < 4.78 is 0. The van der Waals surface area contributed by atoms with Gasteiger partial charge in [-0.2, -0.15) is 0 Å². The van der Waals surface area contributed by atoms with Gasteiger partial charge in [-0.3, -0.25) is 9.59 Å². The Morgan fingerprint density at radius 1 is 1.05 bits per heavy atom. The van der Waals surface area contributed by atoms with E-state index < -0.39 is 11.9 Å². The number of carbonyl (C=O) groups is 2. The summed E-state index contributed by atoms with van der Waals surface area (Å²) in [4.78, 5) is 23.8. The van der Waals surface area contributed by atoms with E-state index in [1.165, 1.54) is 25.7 Å². The van der Waals surface area contributed by atoms with Crippen molar-refractivity contribution in [2.24, 2.45) is 29.6 Å². The fourth-order valence-electron chi connectivity index (χ4n) is 5.09. The minimum atomic E-state index is -0.803. The molecule has 1 amide bonds. The molecule has 6 atom stereocenters. The molecule has 118 valence electrons. The lowest BCUT2D eigenvalue weighted by atomic mass is 9.78. The van der Waals surface area contributed by atoms with Crippen molar-refractivity contribution in [2.45, 2.75) is 64.3 Å². The Kier molecular flexibility index (Phi) is 4.23. The molecule has 2 N–H and O–H groups in total. The predicted molar refractivity (Wildman–Crippen MR) is 79.6 cm³/mol. The van der Waals surface area contributed by atoms with Crippen LogP contribution in [0.3, 0.4) is 0 Å². The number of hydrogen-bond donors (Lipinski definition) is 2. The number of carbonyl (C=O) groups excluding carboxylic acids is 1. The molecule has 4 nitrogen and oxygen atoms in total. The number of rotatable bonds is 4. The second kappa shape index (κ2) is 5.98. The van der Waals surface area contributed by atoms with Crippen molar-refractivity contribution < 1.29 is 14.7 Å². The Bertz CT molecular complexity index is 422. The van der Waals surface area contributed by atoms with Gasteiger partial charge in [0.25, 0.3) is 0 Å². The third-order valence-corrected chi connectivity index (χ3v) is 6.22. The smallest absolute Gasteiger partial charge is 0.307 e. The third kappa shape index (κ3) is 2.95. The Morgan fingerprint density at radius 3 is 2.33 bits per heavy atom. The zero-order chi connectivity index (χ0) is 15.0. The van der Waals surface area contributed by atoms with Crippen LogP contribution in [-0.4, -0.2) is 23.0 Å². The molecule has 2 bridgehead atoms. The normalized spacial score (nSPS) is 40.0. The van der Waals surface area contributed by atoms with Crippen molar-refractivity contribution >= 4 is 11.9 Å². The zero-order valence-electron chi connectivity index (χ0n) is 12.9. The summed E-state index contributed by atoms with van der Waals surface area (Å²) in [6, 6.07) is 0.198. The predicted octanol–water partition coefficient (Wildman–Crippen LogP) is 2.82. The molecule has 0 radical (unpaired) electrons. The third-order valence-electron chi connectivity index (χ3n) is 6.22. The van der Waals surface area contributed by atoms with Gasteiger partial charge in [-0.15, -0.1) is 0 Å². The van der Waals surface area contributed by atoms with Crippen LogP contribution in [0, 0.1) is 29.6 Å². The average Bonchev–Trinajstić information content (AvgIpc) is 3.09. The molecule has 0 aromatic rings. The van der Waals surface area contributed by atoms with Gasteiger partial charge in [-0.1, -0.05) is 19.3 Å². The first-order chi connectivity index (χ1) is 10.1. The number of nitrogens with one attached hydrogen (secondary N) is 1. The molecular formula is C17H27NO3. The average molecular weight is 293 g/mol. The van der Waals surface area contributed by atoms with Crippen LogP contribution in [0.25, 0.3) is 0 Å². The molecule has 3 fully saturated rings. The molecule has 0 aromatic heterocycles. The SMILES string of the molecule is CC(NC(=O)C1CCCCC1C(=O)O)C1CC2CCC1C2. The number of amides is 1. The van der Waals surface area contributed by atoms with Crippen LogP contribution in [0.2, 0.25) is 0 Å². The first-order valence-corrected chi connectivity index (χ1v) is 8.59. The molecule has 0 spiro atoms. The minimum absolute atomic E-state index is 0.0163. The highest BCUT2D eigenvalue weighted by atomic mass is 16.4. The van der Waals surface area contributed by atoms with E-state index in [2.05, 4.69) is 12.2 Å². The summed E-state index contributed by atoms with van der Waals surface area (Å²) in [5, 5.41) is 12.5. The standard InChI is InChI=1S/C17H27NO3/c1-10(15-9-11-6-7-12(15)8-11)18-16(19)13-4-2-3-5-14(13)17(20)21/h10-15H,2-9H2,1H3,(H,18,19)(H,20,21). The summed E-state index contributed by atoms with van der Waals surface area (Å²) in [6.07, 6.45) is 8.56. The summed E-state index contributed by atoms with van der Waals surface area (Å²) >= 11 is 0. The number of fused-ring (bicyclic) bond motifs is 2. The summed E-state index contributed by atoms with van der Waals surface area (Å²) in [7, 11) is 0. The van der Waals surface area contributed by atoms with Crippen molar-refractivity contribution in [3.8, 4) is 0 Å². The summed E-state index contributed by atoms with van der Waals surface area (Å²) in [5.41, 5.74) is 0. The highest BCUT2D eigenvalue weighted by Crippen LogP contribution is 2.49. The van der Waals surface area contributed by atoms with Crippen LogP contribution in [0.5, 0.6) is 0 Å². The lowest BCUT2D eigenvalue weighted by Gasteiger charge is -2.32. The molecule has 0 aromatic carbocycles. The number of aliphatic carboxylic acids is 1. The minimum Gasteiger partial charge on any atom is -0.481 e. The van der Waals surface area contributed by atoms with Crippen LogP contribution in [0.4, 0.5) is 0 Å². The molecule has 6 unspecified atom stereocenters. The van der Waals surface area contributed by atoms with Gasteiger partial charge in [0.1, 0.15) is 0 Å². The maximum Gasteiger partial charge on any atom is 0.307 e. The van der Waals surface area contributed by atoms with Gasteiger partial charge < -0.3 is 10.4 Å². The fourth-order valence-corrected chi connectivity index (χ4v) is 5.09. The number of hydrogen-bond acceptors (Lipinski definition) is 2. The Hall–Kier alpha value is -1.06. The zero-order valence-corrected chi connectivity index (χ0v) is 12.9. The van der Waals surface area contributed by atoms with Crippen molar-refractivity contribution in [3.63, 3.8) is 0 Å². The molecule has 0 heterocycles. The van der Waals surface area contributed by atoms with Gasteiger partial charge in [0.2, 0.25) is 5.91 Å². The second-order valence-corrected chi connectivity index (χ2v) is 7.47. The van der Waals surface area contributed by atoms with E-state index in [0.717, 1.165) is 31.1 Å². The molecule has 3 rings (SSSR count). The summed E-state index contributed by atoms with van der Waals surface area (Å²) in [6.45, 7) is 2.11. The van der Waals surface area contributed by atoms with Crippen molar-refractivity contribution in [3.05, 3.63) is 0 Å². The van der Waals surface area contributed by atoms with Gasteiger partial charge in [-0.25, -0.2) is 0 Å². The molecule has 21 heavy (non-hydrogen) atoms. The van der Waals surface area contributed by atoms with Crippen molar-refractivity contribution in [1.82, 2.24) is 5.32 Å². The maximum atomic E-state index is 12.5. The van der Waals surface area contributed by atoms with E-state index in [4.69, 9.17) is 0 Å². The van der Waals surface area contributed by atoms with Gasteiger partial charge in [0.15, 0.2) is 0 Å². The van der Waals surface area contributed by atoms with Crippen LogP contribution in [0.1, 0.15) is 58.3 Å². The molecular weight excluding hydrogens is 266 g/mol. The second-order valence-electron chi connectivity index (χ2n) is 7.47. The van der Waals surface area contributed by atoms with Crippen LogP contribution < -0.4 is 5.32 Å². The monoisotopic (exact) mass is 293 g/mol. The number of carboxylic acids is 1. The van der Waals surface area contributed by atoms with E-state index in [0.29, 0.717) is 12.3 Å². The van der Waals surface area contributed by atoms with Crippen LogP contribution in [-0.2, 0) is 9.59 Å². The van der Waals surface area contributed by atoms with E-state index in [-0.39, 0.29) is 17.9 Å². The first-order valence-electron chi connectivity index (χ1n) is 8.59. The van der Waals surface area contributed by atoms with Gasteiger partial charge in [0, 0.05) is 6.04 Å². The largest absolute Gasteiger partial charge is 0.481 e. The van der Waals surface area contributed by atoms with Crippen molar-refractivity contribution in [2.75, 3.05) is 0 Å². The Morgan fingerprint density at radius 2 is 1.76 bits per heavy atom. The topological polar surface area (TPSA) is 66.4 Å². The number of carboxylic acid groups (broad SMARTS) is 1. The van der Waals surface area contributed by atoms with E-state index >= 15 is 0 Å². The van der Waals surface area contributed by atoms with Gasteiger partial charge >= 0.3 is 5.97 Å². The maximum absolute atomic E-state index is 12.5. The molecule has 3 aliphatic carbocycles. The van der Waals surface area contributed by atoms with E-state index in [9.17, 15) is 14.7 Å². The summed E-state index contributed by atoms with van der Waals surface area (Å²) in [5.74, 6) is 0.648. The lowest BCUT2D eigenvalue weighted by Crippen LogP contribution is -2.46. The van der Waals surface area contributed by atoms with Gasteiger partial charge in [-0.05, 0) is 56.8 Å². The lowest BCUT2D eigenvalue weighted by molar-refractivity contribution is -0.149.